The van der Waals surface area contributed by atoms with Crippen LogP contribution in [0.3, 0.4) is 0 Å². The highest BCUT2D eigenvalue weighted by Crippen LogP contribution is 2.27. The first-order chi connectivity index (χ1) is 15.6. The highest BCUT2D eigenvalue weighted by Gasteiger charge is 2.18. The highest BCUT2D eigenvalue weighted by molar-refractivity contribution is 5.95. The molecule has 7 nitrogen and oxygen atoms in total. The van der Waals surface area contributed by atoms with Crippen LogP contribution in [0.5, 0.6) is 0 Å². The van der Waals surface area contributed by atoms with E-state index in [9.17, 15) is 9.59 Å². The van der Waals surface area contributed by atoms with Crippen LogP contribution < -0.4 is 10.9 Å². The summed E-state index contributed by atoms with van der Waals surface area (Å²) in [5, 5.41) is 11.8. The summed E-state index contributed by atoms with van der Waals surface area (Å²) in [7, 11) is 0. The van der Waals surface area contributed by atoms with E-state index in [1.807, 2.05) is 36.5 Å². The second-order valence-corrected chi connectivity index (χ2v) is 7.57. The SMILES string of the molecule is CCCCn1cnc2c(-c3ccccc3)cn(CC(=O)Nc3ccc(C#N)cc3)c2c1=O. The van der Waals surface area contributed by atoms with Crippen molar-refractivity contribution in [1.29, 1.82) is 5.26 Å². The first-order valence-corrected chi connectivity index (χ1v) is 10.5. The number of nitriles is 1. The van der Waals surface area contributed by atoms with Crippen LogP contribution in [-0.2, 0) is 17.9 Å². The van der Waals surface area contributed by atoms with E-state index in [4.69, 9.17) is 5.26 Å². The van der Waals surface area contributed by atoms with Crippen LogP contribution in [-0.4, -0.2) is 20.0 Å². The average molecular weight is 425 g/mol. The number of rotatable bonds is 7. The van der Waals surface area contributed by atoms with Crippen molar-refractivity contribution < 1.29 is 4.79 Å². The number of nitrogens with one attached hydrogen (secondary N) is 1. The molecule has 1 amide bonds. The van der Waals surface area contributed by atoms with Crippen LogP contribution in [0.25, 0.3) is 22.2 Å². The molecule has 1 N–H and O–H groups in total. The van der Waals surface area contributed by atoms with Crippen molar-refractivity contribution in [2.75, 3.05) is 5.32 Å². The van der Waals surface area contributed by atoms with Gasteiger partial charge in [-0.2, -0.15) is 5.26 Å². The molecule has 2 heterocycles. The standard InChI is InChI=1S/C25H23N5O2/c1-2-3-13-29-17-27-23-21(19-7-5-4-6-8-19)15-30(24(23)25(29)32)16-22(31)28-20-11-9-18(14-26)10-12-20/h4-12,15,17H,2-3,13,16H2,1H3,(H,28,31). The van der Waals surface area contributed by atoms with Gasteiger partial charge in [0.1, 0.15) is 17.6 Å². The van der Waals surface area contributed by atoms with Gasteiger partial charge in [0.2, 0.25) is 5.91 Å². The zero-order valence-corrected chi connectivity index (χ0v) is 17.8. The summed E-state index contributed by atoms with van der Waals surface area (Å²) in [5.74, 6) is -0.269. The van der Waals surface area contributed by atoms with Crippen LogP contribution >= 0.6 is 0 Å². The van der Waals surface area contributed by atoms with Gasteiger partial charge in [0.05, 0.1) is 18.0 Å². The van der Waals surface area contributed by atoms with Gasteiger partial charge >= 0.3 is 0 Å². The van der Waals surface area contributed by atoms with Crippen molar-refractivity contribution in [2.45, 2.75) is 32.9 Å². The Morgan fingerprint density at radius 2 is 1.84 bits per heavy atom. The Labute approximate surface area is 185 Å². The number of fused-ring (bicyclic) bond motifs is 1. The minimum atomic E-state index is -0.269. The van der Waals surface area contributed by atoms with Gasteiger partial charge in [-0.25, -0.2) is 4.98 Å². The van der Waals surface area contributed by atoms with E-state index in [1.165, 1.54) is 0 Å². The van der Waals surface area contributed by atoms with Crippen molar-refractivity contribution in [2.24, 2.45) is 0 Å². The van der Waals surface area contributed by atoms with Crippen molar-refractivity contribution in [3.63, 3.8) is 0 Å². The first kappa shape index (κ1) is 21.1. The molecule has 0 bridgehead atoms. The number of hydrogen-bond donors (Lipinski definition) is 1. The smallest absolute Gasteiger partial charge is 0.277 e. The molecule has 0 spiro atoms. The molecule has 0 aliphatic heterocycles. The average Bonchev–Trinajstić information content (AvgIpc) is 3.18. The quantitative estimate of drug-likeness (QED) is 0.481. The summed E-state index contributed by atoms with van der Waals surface area (Å²) in [4.78, 5) is 30.6. The maximum absolute atomic E-state index is 13.2. The van der Waals surface area contributed by atoms with E-state index >= 15 is 0 Å². The highest BCUT2D eigenvalue weighted by atomic mass is 16.2. The zero-order chi connectivity index (χ0) is 22.5. The predicted molar refractivity (Wildman–Crippen MR) is 124 cm³/mol. The third-order valence-corrected chi connectivity index (χ3v) is 5.29. The number of nitrogens with zero attached hydrogens (tertiary/aromatic N) is 4. The number of carbonyl (C=O) groups excluding carboxylic acids is 1. The van der Waals surface area contributed by atoms with Gasteiger partial charge in [-0.15, -0.1) is 0 Å². The fourth-order valence-electron chi connectivity index (χ4n) is 3.64. The topological polar surface area (TPSA) is 92.7 Å². The Hall–Kier alpha value is -4.18. The lowest BCUT2D eigenvalue weighted by molar-refractivity contribution is -0.116. The second-order valence-electron chi connectivity index (χ2n) is 7.57. The lowest BCUT2D eigenvalue weighted by Gasteiger charge is -2.08. The maximum atomic E-state index is 13.2. The Bertz CT molecular complexity index is 1350. The Morgan fingerprint density at radius 3 is 2.53 bits per heavy atom. The number of anilines is 1. The van der Waals surface area contributed by atoms with Crippen LogP contribution in [0.2, 0.25) is 0 Å². The van der Waals surface area contributed by atoms with E-state index in [-0.39, 0.29) is 18.0 Å². The van der Waals surface area contributed by atoms with E-state index in [2.05, 4.69) is 23.3 Å². The molecule has 0 aliphatic carbocycles. The largest absolute Gasteiger partial charge is 0.332 e. The third kappa shape index (κ3) is 4.30. The molecule has 0 radical (unpaired) electrons. The number of benzene rings is 2. The van der Waals surface area contributed by atoms with E-state index in [1.54, 1.807) is 39.7 Å². The van der Waals surface area contributed by atoms with E-state index in [0.717, 1.165) is 24.0 Å². The number of unbranched alkanes of at least 4 members (excludes halogenated alkanes) is 1. The molecule has 0 saturated carbocycles. The van der Waals surface area contributed by atoms with Gasteiger partial charge in [-0.1, -0.05) is 43.7 Å². The predicted octanol–water partition coefficient (Wildman–Crippen LogP) is 4.18. The number of aryl methyl sites for hydroxylation is 1. The first-order valence-electron chi connectivity index (χ1n) is 10.5. The van der Waals surface area contributed by atoms with Gasteiger partial charge < -0.3 is 9.88 Å². The number of amides is 1. The molecule has 4 aromatic rings. The van der Waals surface area contributed by atoms with Crippen molar-refractivity contribution in [3.05, 3.63) is 83.0 Å². The minimum absolute atomic E-state index is 0.0297. The molecule has 4 rings (SSSR count). The summed E-state index contributed by atoms with van der Waals surface area (Å²) in [6, 6.07) is 18.4. The third-order valence-electron chi connectivity index (χ3n) is 5.29. The van der Waals surface area contributed by atoms with Gasteiger partial charge in [-0.05, 0) is 36.2 Å². The fraction of sp³-hybridized carbons (Fsp3) is 0.200. The monoisotopic (exact) mass is 425 g/mol. The second kappa shape index (κ2) is 9.31. The van der Waals surface area contributed by atoms with Gasteiger partial charge in [0.25, 0.3) is 5.56 Å². The summed E-state index contributed by atoms with van der Waals surface area (Å²) in [6.07, 6.45) is 5.25. The molecule has 2 aromatic heterocycles. The lowest BCUT2D eigenvalue weighted by Crippen LogP contribution is -2.25. The Balaban J connectivity index is 1.72. The van der Waals surface area contributed by atoms with Crippen molar-refractivity contribution in [1.82, 2.24) is 14.1 Å². The molecule has 32 heavy (non-hydrogen) atoms. The van der Waals surface area contributed by atoms with E-state index < -0.39 is 0 Å². The molecule has 0 unspecified atom stereocenters. The Kier molecular flexibility index (Phi) is 6.13. The van der Waals surface area contributed by atoms with Crippen LogP contribution in [0, 0.1) is 11.3 Å². The molecule has 7 heteroatoms. The van der Waals surface area contributed by atoms with Crippen molar-refractivity contribution >= 4 is 22.6 Å². The lowest BCUT2D eigenvalue weighted by atomic mass is 10.1. The fourth-order valence-corrected chi connectivity index (χ4v) is 3.64. The number of hydrogen-bond acceptors (Lipinski definition) is 4. The number of carbonyl (C=O) groups is 1. The molecular weight excluding hydrogens is 402 g/mol. The molecular formula is C25H23N5O2. The Morgan fingerprint density at radius 1 is 1.09 bits per heavy atom. The summed E-state index contributed by atoms with van der Waals surface area (Å²) >= 11 is 0. The van der Waals surface area contributed by atoms with Gasteiger partial charge in [-0.3, -0.25) is 14.2 Å². The number of aromatic nitrogens is 3. The van der Waals surface area contributed by atoms with Crippen LogP contribution in [0.1, 0.15) is 25.3 Å². The molecule has 0 saturated heterocycles. The minimum Gasteiger partial charge on any atom is -0.332 e. The van der Waals surface area contributed by atoms with Gasteiger partial charge in [0.15, 0.2) is 0 Å². The normalized spacial score (nSPS) is 10.8. The summed E-state index contributed by atoms with van der Waals surface area (Å²) in [5.41, 5.74) is 3.70. The molecule has 0 fully saturated rings. The molecule has 160 valence electrons. The molecule has 0 aliphatic rings. The summed E-state index contributed by atoms with van der Waals surface area (Å²) in [6.45, 7) is 2.63. The maximum Gasteiger partial charge on any atom is 0.277 e. The van der Waals surface area contributed by atoms with Gasteiger partial charge in [0, 0.05) is 24.0 Å². The molecule has 2 aromatic carbocycles. The molecule has 0 atom stereocenters. The zero-order valence-electron chi connectivity index (χ0n) is 17.8. The van der Waals surface area contributed by atoms with E-state index in [0.29, 0.717) is 28.8 Å². The summed E-state index contributed by atoms with van der Waals surface area (Å²) < 4.78 is 3.28. The van der Waals surface area contributed by atoms with Crippen molar-refractivity contribution in [3.8, 4) is 17.2 Å². The van der Waals surface area contributed by atoms with Crippen LogP contribution in [0.4, 0.5) is 5.69 Å². The van der Waals surface area contributed by atoms with Crippen LogP contribution in [0.15, 0.2) is 71.9 Å².